The minimum Gasteiger partial charge on any atom is -0.494 e. The van der Waals surface area contributed by atoms with Crippen LogP contribution < -0.4 is 15.4 Å². The van der Waals surface area contributed by atoms with E-state index in [0.29, 0.717) is 27.2 Å². The molecule has 0 fully saturated rings. The van der Waals surface area contributed by atoms with E-state index in [2.05, 4.69) is 10.6 Å². The van der Waals surface area contributed by atoms with Gasteiger partial charge in [0.25, 0.3) is 0 Å². The summed E-state index contributed by atoms with van der Waals surface area (Å²) in [5.74, 6) is -0.150. The third kappa shape index (κ3) is 6.05. The van der Waals surface area contributed by atoms with Crippen molar-refractivity contribution in [3.63, 3.8) is 0 Å². The number of ether oxygens (including phenoxy) is 1. The molecular formula is C19H21Cl2N3O3. The highest BCUT2D eigenvalue weighted by molar-refractivity contribution is 6.37. The molecule has 0 aliphatic heterocycles. The van der Waals surface area contributed by atoms with Gasteiger partial charge in [-0.05, 0) is 31.2 Å². The molecule has 2 amide bonds. The van der Waals surface area contributed by atoms with Crippen molar-refractivity contribution in [2.45, 2.75) is 6.92 Å². The van der Waals surface area contributed by atoms with E-state index in [1.165, 1.54) is 12.0 Å². The fraction of sp³-hybridized carbons (Fsp3) is 0.263. The van der Waals surface area contributed by atoms with Gasteiger partial charge in [-0.25, -0.2) is 0 Å². The number of nitrogens with zero attached hydrogens (tertiary/aromatic N) is 1. The molecule has 6 nitrogen and oxygen atoms in total. The minimum absolute atomic E-state index is 0.00665. The lowest BCUT2D eigenvalue weighted by Crippen LogP contribution is -2.38. The summed E-state index contributed by atoms with van der Waals surface area (Å²) in [6, 6.07) is 10.7. The molecule has 27 heavy (non-hydrogen) atoms. The number of benzene rings is 2. The molecule has 2 rings (SSSR count). The third-order valence-electron chi connectivity index (χ3n) is 3.79. The number of anilines is 2. The smallest absolute Gasteiger partial charge is 0.243 e. The topological polar surface area (TPSA) is 70.7 Å². The number of methoxy groups -OCH3 is 1. The molecule has 0 aliphatic carbocycles. The summed E-state index contributed by atoms with van der Waals surface area (Å²) in [5, 5.41) is 6.37. The van der Waals surface area contributed by atoms with E-state index in [1.54, 1.807) is 19.2 Å². The Bertz CT molecular complexity index is 802. The highest BCUT2D eigenvalue weighted by Gasteiger charge is 2.14. The minimum atomic E-state index is -0.273. The summed E-state index contributed by atoms with van der Waals surface area (Å²) in [4.78, 5) is 25.6. The molecule has 0 aliphatic rings. The Kier molecular flexibility index (Phi) is 7.33. The summed E-state index contributed by atoms with van der Waals surface area (Å²) in [6.45, 7) is 1.90. The van der Waals surface area contributed by atoms with Gasteiger partial charge in [-0.2, -0.15) is 0 Å². The Morgan fingerprint density at radius 2 is 1.67 bits per heavy atom. The van der Waals surface area contributed by atoms with Gasteiger partial charge in [0.2, 0.25) is 11.8 Å². The molecule has 0 atom stereocenters. The van der Waals surface area contributed by atoms with Crippen LogP contribution in [0.1, 0.15) is 5.56 Å². The Morgan fingerprint density at radius 3 is 2.22 bits per heavy atom. The molecule has 8 heteroatoms. The maximum absolute atomic E-state index is 12.2. The first kappa shape index (κ1) is 20.9. The summed E-state index contributed by atoms with van der Waals surface area (Å²) >= 11 is 12.1. The highest BCUT2D eigenvalue weighted by Crippen LogP contribution is 2.35. The second-order valence-electron chi connectivity index (χ2n) is 5.99. The SMILES string of the molecule is COc1c(Cl)cc(NCC(=O)N(C)CC(=O)Nc2ccc(C)cc2)cc1Cl. The molecule has 0 spiro atoms. The highest BCUT2D eigenvalue weighted by atomic mass is 35.5. The lowest BCUT2D eigenvalue weighted by molar-refractivity contribution is -0.131. The van der Waals surface area contributed by atoms with Crippen LogP contribution in [0.3, 0.4) is 0 Å². The summed E-state index contributed by atoms with van der Waals surface area (Å²) in [5.41, 5.74) is 2.37. The van der Waals surface area contributed by atoms with Crippen LogP contribution in [0.15, 0.2) is 36.4 Å². The average molecular weight is 410 g/mol. The molecule has 0 saturated carbocycles. The van der Waals surface area contributed by atoms with Crippen LogP contribution in [0, 0.1) is 6.92 Å². The largest absolute Gasteiger partial charge is 0.494 e. The van der Waals surface area contributed by atoms with Crippen molar-refractivity contribution in [2.75, 3.05) is 37.9 Å². The van der Waals surface area contributed by atoms with Crippen LogP contribution in [0.25, 0.3) is 0 Å². The number of likely N-dealkylation sites (N-methyl/N-ethyl adjacent to an activating group) is 1. The van der Waals surface area contributed by atoms with E-state index in [0.717, 1.165) is 5.56 Å². The van der Waals surface area contributed by atoms with Crippen molar-refractivity contribution in [1.29, 1.82) is 0 Å². The number of rotatable bonds is 7. The maximum Gasteiger partial charge on any atom is 0.243 e. The molecule has 0 aromatic heterocycles. The molecule has 2 aromatic carbocycles. The lowest BCUT2D eigenvalue weighted by Gasteiger charge is -2.18. The van der Waals surface area contributed by atoms with Crippen LogP contribution in [-0.4, -0.2) is 44.0 Å². The zero-order chi connectivity index (χ0) is 20.0. The van der Waals surface area contributed by atoms with E-state index in [1.807, 2.05) is 31.2 Å². The Morgan fingerprint density at radius 1 is 1.07 bits per heavy atom. The van der Waals surface area contributed by atoms with Crippen molar-refractivity contribution in [3.8, 4) is 5.75 Å². The zero-order valence-electron chi connectivity index (χ0n) is 15.3. The number of carbonyl (C=O) groups excluding carboxylic acids is 2. The number of hydrogen-bond acceptors (Lipinski definition) is 4. The fourth-order valence-corrected chi connectivity index (χ4v) is 2.95. The van der Waals surface area contributed by atoms with Gasteiger partial charge in [-0.1, -0.05) is 40.9 Å². The van der Waals surface area contributed by atoms with Crippen LogP contribution in [0.4, 0.5) is 11.4 Å². The van der Waals surface area contributed by atoms with Crippen molar-refractivity contribution >= 4 is 46.4 Å². The number of carbonyl (C=O) groups is 2. The predicted molar refractivity (Wildman–Crippen MR) is 109 cm³/mol. The maximum atomic E-state index is 12.2. The normalized spacial score (nSPS) is 10.3. The van der Waals surface area contributed by atoms with E-state index in [9.17, 15) is 9.59 Å². The van der Waals surface area contributed by atoms with E-state index >= 15 is 0 Å². The van der Waals surface area contributed by atoms with E-state index in [-0.39, 0.29) is 24.9 Å². The van der Waals surface area contributed by atoms with Crippen molar-refractivity contribution in [3.05, 3.63) is 52.0 Å². The van der Waals surface area contributed by atoms with Crippen molar-refractivity contribution in [1.82, 2.24) is 4.90 Å². The second kappa shape index (κ2) is 9.48. The van der Waals surface area contributed by atoms with Gasteiger partial charge < -0.3 is 20.3 Å². The Balaban J connectivity index is 1.86. The zero-order valence-corrected chi connectivity index (χ0v) is 16.8. The van der Waals surface area contributed by atoms with E-state index < -0.39 is 0 Å². The second-order valence-corrected chi connectivity index (χ2v) is 6.81. The number of hydrogen-bond donors (Lipinski definition) is 2. The van der Waals surface area contributed by atoms with Gasteiger partial charge in [0.15, 0.2) is 5.75 Å². The first-order valence-electron chi connectivity index (χ1n) is 8.17. The van der Waals surface area contributed by atoms with Gasteiger partial charge in [-0.3, -0.25) is 9.59 Å². The Hall–Kier alpha value is -2.44. The summed E-state index contributed by atoms with van der Waals surface area (Å²) < 4.78 is 5.08. The predicted octanol–water partition coefficient (Wildman–Crippen LogP) is 3.82. The van der Waals surface area contributed by atoms with Gasteiger partial charge in [0, 0.05) is 18.4 Å². The molecule has 0 bridgehead atoms. The van der Waals surface area contributed by atoms with Crippen LogP contribution >= 0.6 is 23.2 Å². The quantitative estimate of drug-likeness (QED) is 0.728. The third-order valence-corrected chi connectivity index (χ3v) is 4.35. The van der Waals surface area contributed by atoms with Gasteiger partial charge in [-0.15, -0.1) is 0 Å². The number of aryl methyl sites for hydroxylation is 1. The molecule has 0 unspecified atom stereocenters. The molecule has 2 aromatic rings. The molecule has 2 N–H and O–H groups in total. The fourth-order valence-electron chi connectivity index (χ4n) is 2.31. The van der Waals surface area contributed by atoms with Gasteiger partial charge in [0.1, 0.15) is 0 Å². The molecule has 0 radical (unpaired) electrons. The van der Waals surface area contributed by atoms with Crippen molar-refractivity contribution in [2.24, 2.45) is 0 Å². The summed E-state index contributed by atoms with van der Waals surface area (Å²) in [7, 11) is 3.03. The average Bonchev–Trinajstić information content (AvgIpc) is 2.61. The number of nitrogens with one attached hydrogen (secondary N) is 2. The monoisotopic (exact) mass is 409 g/mol. The number of halogens is 2. The van der Waals surface area contributed by atoms with Crippen LogP contribution in [0.5, 0.6) is 5.75 Å². The van der Waals surface area contributed by atoms with Crippen LogP contribution in [0.2, 0.25) is 10.0 Å². The molecule has 0 heterocycles. The Labute approximate surface area is 168 Å². The first-order chi connectivity index (χ1) is 12.8. The van der Waals surface area contributed by atoms with Gasteiger partial charge >= 0.3 is 0 Å². The van der Waals surface area contributed by atoms with Gasteiger partial charge in [0.05, 0.1) is 30.2 Å². The molecular weight excluding hydrogens is 389 g/mol. The number of amides is 2. The lowest BCUT2D eigenvalue weighted by atomic mass is 10.2. The van der Waals surface area contributed by atoms with Crippen molar-refractivity contribution < 1.29 is 14.3 Å². The summed E-state index contributed by atoms with van der Waals surface area (Å²) in [6.07, 6.45) is 0. The standard InChI is InChI=1S/C19H21Cl2N3O3/c1-12-4-6-13(7-5-12)23-17(25)11-24(2)18(26)10-22-14-8-15(20)19(27-3)16(21)9-14/h4-9,22H,10-11H2,1-3H3,(H,23,25). The first-order valence-corrected chi connectivity index (χ1v) is 8.93. The van der Waals surface area contributed by atoms with Crippen LogP contribution in [-0.2, 0) is 9.59 Å². The van der Waals surface area contributed by atoms with E-state index in [4.69, 9.17) is 27.9 Å². The molecule has 0 saturated heterocycles. The molecule has 144 valence electrons.